The topological polar surface area (TPSA) is 27.3 Å². The Kier molecular flexibility index (Phi) is 5.36. The third kappa shape index (κ3) is 3.83. The van der Waals surface area contributed by atoms with Crippen molar-refractivity contribution in [1.82, 2.24) is 15.8 Å². The van der Waals surface area contributed by atoms with Gasteiger partial charge >= 0.3 is 0 Å². The van der Waals surface area contributed by atoms with Gasteiger partial charge in [-0.2, -0.15) is 0 Å². The molecule has 2 saturated heterocycles. The monoisotopic (exact) mass is 377 g/mol. The number of thiophene rings is 1. The van der Waals surface area contributed by atoms with Crippen molar-refractivity contribution in [3.63, 3.8) is 0 Å². The Labute approximate surface area is 157 Å². The van der Waals surface area contributed by atoms with Gasteiger partial charge in [0.05, 0.1) is 0 Å². The van der Waals surface area contributed by atoms with Gasteiger partial charge in [0.2, 0.25) is 0 Å². The summed E-state index contributed by atoms with van der Waals surface area (Å²) in [6, 6.07) is 8.97. The average Bonchev–Trinajstić information content (AvgIpc) is 3.27. The summed E-state index contributed by atoms with van der Waals surface area (Å²) >= 11 is 1.87. The van der Waals surface area contributed by atoms with Crippen LogP contribution in [0.2, 0.25) is 0 Å². The fourth-order valence-corrected chi connectivity index (χ4v) is 5.28. The lowest BCUT2D eigenvalue weighted by Gasteiger charge is -2.37. The average molecular weight is 378 g/mol. The molecular weight excluding hydrogens is 352 g/mol. The van der Waals surface area contributed by atoms with Crippen LogP contribution in [0.5, 0.6) is 0 Å². The van der Waals surface area contributed by atoms with Crippen molar-refractivity contribution in [1.29, 1.82) is 0 Å². The quantitative estimate of drug-likeness (QED) is 0.849. The first kappa shape index (κ1) is 18.0. The van der Waals surface area contributed by atoms with E-state index in [1.54, 1.807) is 6.07 Å². The smallest absolute Gasteiger partial charge is 0.159 e. The minimum atomic E-state index is -0.778. The van der Waals surface area contributed by atoms with Crippen molar-refractivity contribution < 1.29 is 8.78 Å². The molecule has 140 valence electrons. The summed E-state index contributed by atoms with van der Waals surface area (Å²) in [5.41, 5.74) is 7.52. The van der Waals surface area contributed by atoms with Gasteiger partial charge in [-0.25, -0.2) is 8.78 Å². The highest BCUT2D eigenvalue weighted by atomic mass is 32.1. The molecule has 2 aromatic rings. The number of hydrazine groups is 1. The third-order valence-corrected chi connectivity index (χ3v) is 6.61. The number of hydrogen-bond donors (Lipinski definition) is 2. The molecule has 3 heterocycles. The second-order valence-electron chi connectivity index (χ2n) is 7.48. The molecule has 0 saturated carbocycles. The maximum atomic E-state index is 13.7. The molecule has 2 N–H and O–H groups in total. The second-order valence-corrected chi connectivity index (χ2v) is 8.85. The highest BCUT2D eigenvalue weighted by molar-refractivity contribution is 7.11. The number of halogens is 2. The Balaban J connectivity index is 1.45. The molecule has 1 aromatic carbocycles. The maximum absolute atomic E-state index is 13.7. The largest absolute Gasteiger partial charge is 0.298 e. The van der Waals surface area contributed by atoms with Gasteiger partial charge in [0, 0.05) is 41.3 Å². The molecule has 26 heavy (non-hydrogen) atoms. The molecule has 2 fully saturated rings. The van der Waals surface area contributed by atoms with Crippen molar-refractivity contribution in [2.75, 3.05) is 19.6 Å². The van der Waals surface area contributed by atoms with Crippen LogP contribution in [0.15, 0.2) is 30.3 Å². The number of aryl methyl sites for hydroxylation is 1. The number of likely N-dealkylation sites (tertiary alicyclic amines) is 1. The van der Waals surface area contributed by atoms with E-state index in [-0.39, 0.29) is 12.0 Å². The Morgan fingerprint density at radius 3 is 2.85 bits per heavy atom. The maximum Gasteiger partial charge on any atom is 0.159 e. The van der Waals surface area contributed by atoms with E-state index in [0.717, 1.165) is 31.7 Å². The summed E-state index contributed by atoms with van der Waals surface area (Å²) in [5, 5.41) is 0. The Morgan fingerprint density at radius 1 is 1.19 bits per heavy atom. The lowest BCUT2D eigenvalue weighted by molar-refractivity contribution is 0.140. The van der Waals surface area contributed by atoms with Crippen LogP contribution in [0.25, 0.3) is 0 Å². The van der Waals surface area contributed by atoms with Gasteiger partial charge in [0.1, 0.15) is 0 Å². The van der Waals surface area contributed by atoms with E-state index < -0.39 is 11.6 Å². The van der Waals surface area contributed by atoms with Crippen LogP contribution < -0.4 is 10.9 Å². The summed E-state index contributed by atoms with van der Waals surface area (Å²) in [4.78, 5) is 5.30. The molecule has 3 unspecified atom stereocenters. The lowest BCUT2D eigenvalue weighted by Crippen LogP contribution is -2.46. The van der Waals surface area contributed by atoms with Crippen molar-refractivity contribution >= 4 is 11.3 Å². The van der Waals surface area contributed by atoms with Gasteiger partial charge in [-0.15, -0.1) is 11.3 Å². The van der Waals surface area contributed by atoms with E-state index in [1.807, 2.05) is 11.3 Å². The van der Waals surface area contributed by atoms with Crippen molar-refractivity contribution in [2.45, 2.75) is 38.3 Å². The van der Waals surface area contributed by atoms with Crippen LogP contribution in [0.4, 0.5) is 8.78 Å². The SMILES string of the molecule is Cc1ccc(CN2CCCC(C3NNCC3c3ccc(F)c(F)c3)C2)s1. The third-order valence-electron chi connectivity index (χ3n) is 5.62. The molecule has 3 atom stereocenters. The summed E-state index contributed by atoms with van der Waals surface area (Å²) in [6.07, 6.45) is 2.34. The standard InChI is InChI=1S/C20H25F2N3S/c1-13-4-6-16(26-13)12-25-8-2-3-15(11-25)20-17(10-23-24-20)14-5-7-18(21)19(22)9-14/h4-7,9,15,17,20,23-24H,2-3,8,10-12H2,1H3. The molecule has 0 spiro atoms. The van der Waals surface area contributed by atoms with E-state index in [4.69, 9.17) is 0 Å². The molecule has 4 rings (SSSR count). The van der Waals surface area contributed by atoms with Gasteiger partial charge in [-0.05, 0) is 62.1 Å². The molecule has 2 aliphatic rings. The Bertz CT molecular complexity index is 763. The zero-order chi connectivity index (χ0) is 18.1. The van der Waals surface area contributed by atoms with E-state index in [9.17, 15) is 8.78 Å². The minimum Gasteiger partial charge on any atom is -0.298 e. The van der Waals surface area contributed by atoms with E-state index in [0.29, 0.717) is 5.92 Å². The number of benzene rings is 1. The van der Waals surface area contributed by atoms with Crippen LogP contribution in [0.1, 0.15) is 34.1 Å². The summed E-state index contributed by atoms with van der Waals surface area (Å²) in [5.74, 6) is -0.872. The number of hydrogen-bond acceptors (Lipinski definition) is 4. The van der Waals surface area contributed by atoms with Gasteiger partial charge < -0.3 is 0 Å². The first-order valence-corrected chi connectivity index (χ1v) is 10.1. The van der Waals surface area contributed by atoms with Crippen LogP contribution in [-0.2, 0) is 6.54 Å². The van der Waals surface area contributed by atoms with Crippen LogP contribution in [0.3, 0.4) is 0 Å². The van der Waals surface area contributed by atoms with Gasteiger partial charge in [-0.1, -0.05) is 6.07 Å². The molecule has 0 amide bonds. The highest BCUT2D eigenvalue weighted by Crippen LogP contribution is 2.33. The van der Waals surface area contributed by atoms with Crippen LogP contribution in [0, 0.1) is 24.5 Å². The number of rotatable bonds is 4. The van der Waals surface area contributed by atoms with Crippen molar-refractivity contribution in [2.24, 2.45) is 5.92 Å². The predicted molar refractivity (Wildman–Crippen MR) is 101 cm³/mol. The number of nitrogens with one attached hydrogen (secondary N) is 2. The fraction of sp³-hybridized carbons (Fsp3) is 0.500. The zero-order valence-corrected chi connectivity index (χ0v) is 15.8. The first-order chi connectivity index (χ1) is 12.6. The van der Waals surface area contributed by atoms with Crippen molar-refractivity contribution in [3.05, 3.63) is 57.3 Å². The zero-order valence-electron chi connectivity index (χ0n) is 15.0. The predicted octanol–water partition coefficient (Wildman–Crippen LogP) is 3.81. The Morgan fingerprint density at radius 2 is 2.08 bits per heavy atom. The molecule has 1 aromatic heterocycles. The number of nitrogens with zero attached hydrogens (tertiary/aromatic N) is 1. The summed E-state index contributed by atoms with van der Waals surface area (Å²) < 4.78 is 27.0. The molecule has 0 radical (unpaired) electrons. The molecular formula is C20H25F2N3S. The van der Waals surface area contributed by atoms with E-state index >= 15 is 0 Å². The Hall–Kier alpha value is -1.34. The molecule has 0 bridgehead atoms. The molecule has 0 aliphatic carbocycles. The van der Waals surface area contributed by atoms with E-state index in [2.05, 4.69) is 34.8 Å². The summed E-state index contributed by atoms with van der Waals surface area (Å²) in [6.45, 7) is 6.06. The normalized spacial score (nSPS) is 27.1. The molecule has 6 heteroatoms. The second kappa shape index (κ2) is 7.72. The van der Waals surface area contributed by atoms with Crippen LogP contribution >= 0.6 is 11.3 Å². The van der Waals surface area contributed by atoms with Crippen molar-refractivity contribution in [3.8, 4) is 0 Å². The highest BCUT2D eigenvalue weighted by Gasteiger charge is 2.37. The van der Waals surface area contributed by atoms with Gasteiger partial charge in [0.15, 0.2) is 11.6 Å². The lowest BCUT2D eigenvalue weighted by atomic mass is 9.81. The summed E-state index contributed by atoms with van der Waals surface area (Å²) in [7, 11) is 0. The minimum absolute atomic E-state index is 0.166. The number of piperidine rings is 1. The van der Waals surface area contributed by atoms with Crippen LogP contribution in [-0.4, -0.2) is 30.6 Å². The van der Waals surface area contributed by atoms with Gasteiger partial charge in [-0.3, -0.25) is 15.8 Å². The first-order valence-electron chi connectivity index (χ1n) is 9.31. The molecule has 2 aliphatic heterocycles. The molecule has 3 nitrogen and oxygen atoms in total. The van der Waals surface area contributed by atoms with E-state index in [1.165, 1.54) is 34.7 Å². The fourth-order valence-electron chi connectivity index (χ4n) is 4.35. The van der Waals surface area contributed by atoms with Gasteiger partial charge in [0.25, 0.3) is 0 Å².